The summed E-state index contributed by atoms with van der Waals surface area (Å²) in [5.41, 5.74) is 1.01. The van der Waals surface area contributed by atoms with E-state index in [4.69, 9.17) is 4.42 Å². The Morgan fingerprint density at radius 2 is 1.66 bits per heavy atom. The second-order valence-corrected chi connectivity index (χ2v) is 6.51. The molecule has 0 radical (unpaired) electrons. The van der Waals surface area contributed by atoms with Gasteiger partial charge in [-0.15, -0.1) is 0 Å². The number of carbonyl (C=O) groups is 2. The third-order valence-electron chi connectivity index (χ3n) is 4.74. The highest BCUT2D eigenvalue weighted by Gasteiger charge is 2.27. The Morgan fingerprint density at radius 3 is 2.24 bits per heavy atom. The Bertz CT molecular complexity index is 1030. The molecular formula is C19H17N5O5. The van der Waals surface area contributed by atoms with Gasteiger partial charge in [-0.1, -0.05) is 0 Å². The van der Waals surface area contributed by atoms with Gasteiger partial charge in [0.1, 0.15) is 0 Å². The molecule has 4 rings (SSSR count). The van der Waals surface area contributed by atoms with Crippen molar-refractivity contribution < 1.29 is 18.9 Å². The number of piperazine rings is 1. The first-order chi connectivity index (χ1) is 14.0. The summed E-state index contributed by atoms with van der Waals surface area (Å²) in [7, 11) is 0. The van der Waals surface area contributed by atoms with Crippen LogP contribution in [0.4, 0.5) is 5.69 Å². The molecule has 0 N–H and O–H groups in total. The minimum absolute atomic E-state index is 0.0147. The first-order valence-electron chi connectivity index (χ1n) is 8.94. The zero-order valence-electron chi connectivity index (χ0n) is 15.3. The Morgan fingerprint density at radius 1 is 1.00 bits per heavy atom. The molecule has 10 nitrogen and oxygen atoms in total. The zero-order chi connectivity index (χ0) is 20.4. The van der Waals surface area contributed by atoms with Crippen molar-refractivity contribution >= 4 is 17.5 Å². The van der Waals surface area contributed by atoms with Crippen molar-refractivity contribution in [2.75, 3.05) is 26.2 Å². The van der Waals surface area contributed by atoms with Crippen LogP contribution in [0, 0.1) is 10.1 Å². The molecule has 29 heavy (non-hydrogen) atoms. The summed E-state index contributed by atoms with van der Waals surface area (Å²) in [5, 5.41) is 14.9. The molecule has 0 saturated carbocycles. The monoisotopic (exact) mass is 395 g/mol. The molecule has 0 unspecified atom stereocenters. The molecule has 1 aliphatic rings. The predicted molar refractivity (Wildman–Crippen MR) is 101 cm³/mol. The van der Waals surface area contributed by atoms with Crippen molar-refractivity contribution in [2.45, 2.75) is 0 Å². The molecule has 2 aromatic heterocycles. The summed E-state index contributed by atoms with van der Waals surface area (Å²) in [6, 6.07) is 9.18. The molecule has 0 atom stereocenters. The van der Waals surface area contributed by atoms with E-state index >= 15 is 0 Å². The maximum atomic E-state index is 12.8. The van der Waals surface area contributed by atoms with Gasteiger partial charge in [-0.3, -0.25) is 19.7 Å². The largest absolute Gasteiger partial charge is 0.459 e. The molecule has 0 bridgehead atoms. The highest BCUT2D eigenvalue weighted by molar-refractivity contribution is 5.94. The first-order valence-corrected chi connectivity index (χ1v) is 8.94. The van der Waals surface area contributed by atoms with Crippen LogP contribution >= 0.6 is 0 Å². The number of nitro benzene ring substituents is 1. The molecule has 1 saturated heterocycles. The van der Waals surface area contributed by atoms with Crippen LogP contribution in [0.25, 0.3) is 5.69 Å². The summed E-state index contributed by atoms with van der Waals surface area (Å²) >= 11 is 0. The number of hydrogen-bond donors (Lipinski definition) is 0. The van der Waals surface area contributed by atoms with Crippen LogP contribution in [-0.4, -0.2) is 62.5 Å². The van der Waals surface area contributed by atoms with Gasteiger partial charge in [0.05, 0.1) is 28.6 Å². The van der Waals surface area contributed by atoms with Gasteiger partial charge < -0.3 is 14.2 Å². The van der Waals surface area contributed by atoms with Crippen molar-refractivity contribution in [3.63, 3.8) is 0 Å². The third kappa shape index (κ3) is 3.72. The number of amides is 2. The van der Waals surface area contributed by atoms with Gasteiger partial charge in [-0.05, 0) is 24.3 Å². The molecule has 1 aliphatic heterocycles. The maximum Gasteiger partial charge on any atom is 0.289 e. The summed E-state index contributed by atoms with van der Waals surface area (Å²) in [6.45, 7) is 1.66. The normalized spacial score (nSPS) is 14.1. The summed E-state index contributed by atoms with van der Waals surface area (Å²) in [6.07, 6.45) is 4.50. The maximum absolute atomic E-state index is 12.8. The van der Waals surface area contributed by atoms with Gasteiger partial charge >= 0.3 is 0 Å². The van der Waals surface area contributed by atoms with E-state index in [1.807, 2.05) is 0 Å². The molecule has 0 spiro atoms. The first kappa shape index (κ1) is 18.4. The van der Waals surface area contributed by atoms with E-state index in [0.29, 0.717) is 37.4 Å². The molecular weight excluding hydrogens is 378 g/mol. The molecule has 3 aromatic rings. The van der Waals surface area contributed by atoms with Crippen LogP contribution in [0.5, 0.6) is 0 Å². The molecule has 0 aliphatic carbocycles. The number of benzene rings is 1. The molecule has 1 aromatic carbocycles. The average molecular weight is 395 g/mol. The number of carbonyl (C=O) groups excluding carboxylic acids is 2. The molecule has 148 valence electrons. The Labute approximate surface area is 165 Å². The van der Waals surface area contributed by atoms with Crippen molar-refractivity contribution in [3.05, 3.63) is 76.5 Å². The van der Waals surface area contributed by atoms with Gasteiger partial charge in [0.15, 0.2) is 5.76 Å². The average Bonchev–Trinajstić information content (AvgIpc) is 3.45. The minimum Gasteiger partial charge on any atom is -0.459 e. The number of nitrogens with zero attached hydrogens (tertiary/aromatic N) is 5. The topological polar surface area (TPSA) is 115 Å². The van der Waals surface area contributed by atoms with Crippen LogP contribution in [0.3, 0.4) is 0 Å². The van der Waals surface area contributed by atoms with E-state index in [1.54, 1.807) is 40.3 Å². The van der Waals surface area contributed by atoms with E-state index in [0.717, 1.165) is 0 Å². The fourth-order valence-corrected chi connectivity index (χ4v) is 3.15. The van der Waals surface area contributed by atoms with Gasteiger partial charge in [0.25, 0.3) is 17.5 Å². The van der Waals surface area contributed by atoms with Crippen LogP contribution in [-0.2, 0) is 0 Å². The molecule has 1 fully saturated rings. The lowest BCUT2D eigenvalue weighted by atomic mass is 10.2. The number of non-ortho nitro benzene ring substituents is 1. The standard InChI is InChI=1S/C19H17N5O5/c25-18(21-7-9-22(10-8-21)19(26)17-2-1-11-29-17)14-12-20-23(13-14)15-3-5-16(6-4-15)24(27)28/h1-6,11-13H,7-10H2. The Hall–Kier alpha value is -3.95. The van der Waals surface area contributed by atoms with E-state index in [2.05, 4.69) is 5.10 Å². The van der Waals surface area contributed by atoms with Gasteiger partial charge in [-0.2, -0.15) is 5.10 Å². The highest BCUT2D eigenvalue weighted by Crippen LogP contribution is 2.16. The third-order valence-corrected chi connectivity index (χ3v) is 4.74. The van der Waals surface area contributed by atoms with Crippen molar-refractivity contribution in [1.29, 1.82) is 0 Å². The fraction of sp³-hybridized carbons (Fsp3) is 0.211. The van der Waals surface area contributed by atoms with E-state index < -0.39 is 4.92 Å². The number of nitro groups is 1. The highest BCUT2D eigenvalue weighted by atomic mass is 16.6. The van der Waals surface area contributed by atoms with Crippen LogP contribution in [0.1, 0.15) is 20.9 Å². The van der Waals surface area contributed by atoms with Crippen LogP contribution < -0.4 is 0 Å². The van der Waals surface area contributed by atoms with E-state index in [-0.39, 0.29) is 23.3 Å². The summed E-state index contributed by atoms with van der Waals surface area (Å²) in [5.74, 6) is -0.0782. The second-order valence-electron chi connectivity index (χ2n) is 6.51. The molecule has 10 heteroatoms. The van der Waals surface area contributed by atoms with Crippen LogP contribution in [0.15, 0.2) is 59.5 Å². The lowest BCUT2D eigenvalue weighted by molar-refractivity contribution is -0.384. The minimum atomic E-state index is -0.474. The lowest BCUT2D eigenvalue weighted by Crippen LogP contribution is -2.50. The Balaban J connectivity index is 1.39. The second kappa shape index (κ2) is 7.58. The number of hydrogen-bond acceptors (Lipinski definition) is 6. The quantitative estimate of drug-likeness (QED) is 0.493. The number of furan rings is 1. The van der Waals surface area contributed by atoms with Crippen molar-refractivity contribution in [3.8, 4) is 5.69 Å². The van der Waals surface area contributed by atoms with Gasteiger partial charge in [-0.25, -0.2) is 4.68 Å². The van der Waals surface area contributed by atoms with Gasteiger partial charge in [0, 0.05) is 44.5 Å². The zero-order valence-corrected chi connectivity index (χ0v) is 15.3. The smallest absolute Gasteiger partial charge is 0.289 e. The van der Waals surface area contributed by atoms with Crippen LogP contribution in [0.2, 0.25) is 0 Å². The summed E-state index contributed by atoms with van der Waals surface area (Å²) < 4.78 is 6.63. The molecule has 3 heterocycles. The lowest BCUT2D eigenvalue weighted by Gasteiger charge is -2.34. The molecule has 2 amide bonds. The van der Waals surface area contributed by atoms with Gasteiger partial charge in [0.2, 0.25) is 0 Å². The SMILES string of the molecule is O=C(c1cnn(-c2ccc([N+](=O)[O-])cc2)c1)N1CCN(C(=O)c2ccco2)CC1. The van der Waals surface area contributed by atoms with E-state index in [1.165, 1.54) is 29.3 Å². The van der Waals surface area contributed by atoms with E-state index in [9.17, 15) is 19.7 Å². The van der Waals surface area contributed by atoms with Crippen molar-refractivity contribution in [2.24, 2.45) is 0 Å². The Kier molecular flexibility index (Phi) is 4.82. The fourth-order valence-electron chi connectivity index (χ4n) is 3.15. The number of aromatic nitrogens is 2. The van der Waals surface area contributed by atoms with Crippen molar-refractivity contribution in [1.82, 2.24) is 19.6 Å². The predicted octanol–water partition coefficient (Wildman–Crippen LogP) is 1.97. The number of rotatable bonds is 4. The summed E-state index contributed by atoms with van der Waals surface area (Å²) in [4.78, 5) is 38.7.